The molecule has 1 fully saturated rings. The monoisotopic (exact) mass is 436 g/mol. The van der Waals surface area contributed by atoms with Gasteiger partial charge in [-0.2, -0.15) is 4.31 Å². The molecule has 2 aromatic rings. The third-order valence-electron chi connectivity index (χ3n) is 4.79. The highest BCUT2D eigenvalue weighted by molar-refractivity contribution is 7.89. The van der Waals surface area contributed by atoms with Crippen molar-refractivity contribution in [2.45, 2.75) is 36.7 Å². The van der Waals surface area contributed by atoms with Gasteiger partial charge >= 0.3 is 5.97 Å². The zero-order valence-corrected chi connectivity index (χ0v) is 17.1. The van der Waals surface area contributed by atoms with Crippen molar-refractivity contribution >= 4 is 33.5 Å². The van der Waals surface area contributed by atoms with Gasteiger partial charge in [0.2, 0.25) is 15.9 Å². The van der Waals surface area contributed by atoms with Crippen LogP contribution in [0.2, 0.25) is 5.02 Å². The summed E-state index contributed by atoms with van der Waals surface area (Å²) in [5.41, 5.74) is 0.538. The van der Waals surface area contributed by atoms with E-state index in [9.17, 15) is 23.1 Å². The fourth-order valence-corrected chi connectivity index (χ4v) is 5.02. The molecule has 0 bridgehead atoms. The van der Waals surface area contributed by atoms with Crippen LogP contribution in [0.15, 0.2) is 53.4 Å². The number of hydrogen-bond donors (Lipinski definition) is 2. The molecule has 0 unspecified atom stereocenters. The van der Waals surface area contributed by atoms with Crippen LogP contribution < -0.4 is 5.32 Å². The molecule has 9 heteroatoms. The first-order chi connectivity index (χ1) is 13.8. The number of amides is 1. The largest absolute Gasteiger partial charge is 0.478 e. The molecule has 1 aliphatic rings. The van der Waals surface area contributed by atoms with Gasteiger partial charge in [-0.15, -0.1) is 0 Å². The number of carboxylic acids is 1. The number of hydrogen-bond acceptors (Lipinski definition) is 4. The predicted octanol–water partition coefficient (Wildman–Crippen LogP) is 2.90. The van der Waals surface area contributed by atoms with Gasteiger partial charge in [-0.3, -0.25) is 4.79 Å². The van der Waals surface area contributed by atoms with Crippen molar-refractivity contribution in [3.8, 4) is 0 Å². The van der Waals surface area contributed by atoms with Gasteiger partial charge in [0, 0.05) is 18.1 Å². The molecule has 7 nitrogen and oxygen atoms in total. The van der Waals surface area contributed by atoms with Crippen LogP contribution in [0.25, 0.3) is 0 Å². The summed E-state index contributed by atoms with van der Waals surface area (Å²) in [4.78, 5) is 23.9. The topological polar surface area (TPSA) is 104 Å². The van der Waals surface area contributed by atoms with Gasteiger partial charge in [-0.1, -0.05) is 23.7 Å². The van der Waals surface area contributed by atoms with Gasteiger partial charge in [0.15, 0.2) is 0 Å². The average molecular weight is 437 g/mol. The number of carbonyl (C=O) groups is 2. The van der Waals surface area contributed by atoms with E-state index in [1.165, 1.54) is 36.4 Å². The van der Waals surface area contributed by atoms with Crippen LogP contribution in [0.1, 0.15) is 35.2 Å². The fraction of sp³-hybridized carbons (Fsp3) is 0.300. The van der Waals surface area contributed by atoms with Gasteiger partial charge in [0.1, 0.15) is 6.04 Å². The minimum Gasteiger partial charge on any atom is -0.478 e. The van der Waals surface area contributed by atoms with Crippen LogP contribution in [0.4, 0.5) is 0 Å². The number of aromatic carboxylic acids is 1. The minimum absolute atomic E-state index is 0.0216. The van der Waals surface area contributed by atoms with Crippen molar-refractivity contribution in [1.82, 2.24) is 9.62 Å². The quantitative estimate of drug-likeness (QED) is 0.724. The highest BCUT2D eigenvalue weighted by Crippen LogP contribution is 2.26. The molecule has 3 rings (SSSR count). The highest BCUT2D eigenvalue weighted by atomic mass is 35.5. The Labute approximate surface area is 174 Å². The summed E-state index contributed by atoms with van der Waals surface area (Å²) in [6.45, 7) is 0.378. The summed E-state index contributed by atoms with van der Waals surface area (Å²) >= 11 is 5.88. The Morgan fingerprint density at radius 1 is 1.17 bits per heavy atom. The SMILES string of the molecule is O=C(O)c1cccc(CN([C@@H]2CCCCNC2=O)S(=O)(=O)c2ccc(Cl)cc2)c1. The van der Waals surface area contributed by atoms with Crippen molar-refractivity contribution in [3.05, 3.63) is 64.7 Å². The molecule has 0 radical (unpaired) electrons. The van der Waals surface area contributed by atoms with E-state index in [1.54, 1.807) is 12.1 Å². The fourth-order valence-electron chi connectivity index (χ4n) is 3.29. The van der Waals surface area contributed by atoms with Crippen molar-refractivity contribution in [1.29, 1.82) is 0 Å². The van der Waals surface area contributed by atoms with E-state index in [2.05, 4.69) is 5.32 Å². The van der Waals surface area contributed by atoms with Crippen LogP contribution in [-0.4, -0.2) is 42.3 Å². The molecule has 1 heterocycles. The molecule has 1 saturated heterocycles. The molecule has 154 valence electrons. The predicted molar refractivity (Wildman–Crippen MR) is 108 cm³/mol. The van der Waals surface area contributed by atoms with Gasteiger partial charge in [0.05, 0.1) is 10.5 Å². The molecular formula is C20H21ClN2O5S. The van der Waals surface area contributed by atoms with Crippen LogP contribution in [-0.2, 0) is 21.4 Å². The van der Waals surface area contributed by atoms with Gasteiger partial charge < -0.3 is 10.4 Å². The molecule has 0 aromatic heterocycles. The second-order valence-electron chi connectivity index (χ2n) is 6.81. The van der Waals surface area contributed by atoms with E-state index >= 15 is 0 Å². The Balaban J connectivity index is 2.03. The first kappa shape index (κ1) is 21.3. The van der Waals surface area contributed by atoms with Gasteiger partial charge in [-0.05, 0) is 61.2 Å². The Kier molecular flexibility index (Phi) is 6.56. The zero-order chi connectivity index (χ0) is 21.0. The summed E-state index contributed by atoms with van der Waals surface area (Å²) in [6, 6.07) is 10.9. The maximum absolute atomic E-state index is 13.4. The van der Waals surface area contributed by atoms with Crippen molar-refractivity contribution in [2.75, 3.05) is 6.54 Å². The van der Waals surface area contributed by atoms with E-state index in [0.29, 0.717) is 30.0 Å². The van der Waals surface area contributed by atoms with Crippen molar-refractivity contribution in [2.24, 2.45) is 0 Å². The second-order valence-corrected chi connectivity index (χ2v) is 9.14. The van der Waals surface area contributed by atoms with Crippen LogP contribution >= 0.6 is 11.6 Å². The third kappa shape index (κ3) is 4.95. The molecule has 1 atom stereocenters. The zero-order valence-electron chi connectivity index (χ0n) is 15.5. The van der Waals surface area contributed by atoms with E-state index in [1.807, 2.05) is 0 Å². The lowest BCUT2D eigenvalue weighted by molar-refractivity contribution is -0.124. The standard InChI is InChI=1S/C20H21ClN2O5S/c21-16-7-9-17(10-8-16)29(27,28)23(18-6-1-2-11-22-19(18)24)13-14-4-3-5-15(12-14)20(25)26/h3-5,7-10,12,18H,1-2,6,11,13H2,(H,22,24)(H,25,26)/t18-/m1/s1. The van der Waals surface area contributed by atoms with Crippen LogP contribution in [0.5, 0.6) is 0 Å². The summed E-state index contributed by atoms with van der Waals surface area (Å²) in [5, 5.41) is 12.4. The number of halogens is 1. The Morgan fingerprint density at radius 2 is 1.90 bits per heavy atom. The highest BCUT2D eigenvalue weighted by Gasteiger charge is 2.36. The number of nitrogens with zero attached hydrogens (tertiary/aromatic N) is 1. The Hall–Kier alpha value is -2.42. The third-order valence-corrected chi connectivity index (χ3v) is 6.91. The summed E-state index contributed by atoms with van der Waals surface area (Å²) < 4.78 is 28.0. The number of rotatable bonds is 6. The van der Waals surface area contributed by atoms with Crippen molar-refractivity contribution < 1.29 is 23.1 Å². The lowest BCUT2D eigenvalue weighted by atomic mass is 10.1. The summed E-state index contributed by atoms with van der Waals surface area (Å²) in [5.74, 6) is -1.46. The van der Waals surface area contributed by atoms with Gasteiger partial charge in [-0.25, -0.2) is 13.2 Å². The Morgan fingerprint density at radius 3 is 2.59 bits per heavy atom. The van der Waals surface area contributed by atoms with Crippen molar-refractivity contribution in [3.63, 3.8) is 0 Å². The lowest BCUT2D eigenvalue weighted by Gasteiger charge is -2.29. The van der Waals surface area contributed by atoms with E-state index < -0.39 is 22.0 Å². The Bertz CT molecular complexity index is 1010. The molecule has 2 N–H and O–H groups in total. The smallest absolute Gasteiger partial charge is 0.335 e. The lowest BCUT2D eigenvalue weighted by Crippen LogP contribution is -2.48. The number of carbonyl (C=O) groups excluding carboxylic acids is 1. The first-order valence-corrected chi connectivity index (χ1v) is 11.0. The molecule has 1 aliphatic heterocycles. The van der Waals surface area contributed by atoms with Crippen LogP contribution in [0.3, 0.4) is 0 Å². The van der Waals surface area contributed by atoms with Gasteiger partial charge in [0.25, 0.3) is 0 Å². The van der Waals surface area contributed by atoms with E-state index in [4.69, 9.17) is 11.6 Å². The molecule has 0 saturated carbocycles. The summed E-state index contributed by atoms with van der Waals surface area (Å²) in [7, 11) is -4.03. The molecule has 29 heavy (non-hydrogen) atoms. The number of sulfonamides is 1. The number of benzene rings is 2. The second kappa shape index (κ2) is 8.94. The molecular weight excluding hydrogens is 416 g/mol. The number of carboxylic acid groups (broad SMARTS) is 1. The molecule has 2 aromatic carbocycles. The van der Waals surface area contributed by atoms with Crippen LogP contribution in [0, 0.1) is 0 Å². The molecule has 0 aliphatic carbocycles. The maximum Gasteiger partial charge on any atom is 0.335 e. The van der Waals surface area contributed by atoms with E-state index in [0.717, 1.165) is 10.7 Å². The molecule has 0 spiro atoms. The van der Waals surface area contributed by atoms with E-state index in [-0.39, 0.29) is 22.9 Å². The molecule has 1 amide bonds. The minimum atomic E-state index is -4.03. The first-order valence-electron chi connectivity index (χ1n) is 9.16. The summed E-state index contributed by atoms with van der Waals surface area (Å²) in [6.07, 6.45) is 1.86. The number of nitrogens with one attached hydrogen (secondary N) is 1. The maximum atomic E-state index is 13.4. The normalized spacial score (nSPS) is 17.6. The average Bonchev–Trinajstić information content (AvgIpc) is 2.91.